The molecule has 3 rings (SSSR count). The minimum atomic E-state index is -0.410. The lowest BCUT2D eigenvalue weighted by Crippen LogP contribution is -2.43. The molecule has 154 valence electrons. The first-order chi connectivity index (χ1) is 14.3. The van der Waals surface area contributed by atoms with Gasteiger partial charge in [-0.1, -0.05) is 71.5 Å². The third-order valence-corrected chi connectivity index (χ3v) is 5.82. The molecule has 6 nitrogen and oxygen atoms in total. The van der Waals surface area contributed by atoms with Crippen LogP contribution < -0.4 is 10.9 Å². The Balaban J connectivity index is 1.51. The molecule has 1 aliphatic rings. The third kappa shape index (κ3) is 5.55. The van der Waals surface area contributed by atoms with E-state index >= 15 is 0 Å². The van der Waals surface area contributed by atoms with Gasteiger partial charge < -0.3 is 0 Å². The average Bonchev–Trinajstić information content (AvgIpc) is 2.99. The Kier molecular flexibility index (Phi) is 7.02. The van der Waals surface area contributed by atoms with Gasteiger partial charge in [0.15, 0.2) is 0 Å². The average molecular weight is 440 g/mol. The van der Waals surface area contributed by atoms with Crippen molar-refractivity contribution in [2.45, 2.75) is 20.3 Å². The summed E-state index contributed by atoms with van der Waals surface area (Å²) in [4.78, 5) is 38.7. The second-order valence-corrected chi connectivity index (χ2v) is 8.54. The zero-order chi connectivity index (χ0) is 21.7. The van der Waals surface area contributed by atoms with Crippen LogP contribution in [0, 0.1) is 13.8 Å². The second kappa shape index (κ2) is 9.69. The zero-order valence-electron chi connectivity index (χ0n) is 16.6. The number of aryl methyl sites for hydroxylation is 2. The van der Waals surface area contributed by atoms with Crippen LogP contribution in [0.3, 0.4) is 0 Å². The Morgan fingerprint density at radius 2 is 1.60 bits per heavy atom. The van der Waals surface area contributed by atoms with Crippen LogP contribution in [0.1, 0.15) is 33.5 Å². The zero-order valence-corrected chi connectivity index (χ0v) is 18.2. The summed E-state index contributed by atoms with van der Waals surface area (Å²) in [5, 5.41) is 0. The molecule has 0 aromatic heterocycles. The molecule has 0 atom stereocenters. The highest BCUT2D eigenvalue weighted by Gasteiger charge is 2.32. The molecule has 2 aromatic rings. The van der Waals surface area contributed by atoms with Crippen LogP contribution in [0.25, 0.3) is 6.08 Å². The van der Waals surface area contributed by atoms with E-state index in [1.807, 2.05) is 50.2 Å². The lowest BCUT2D eigenvalue weighted by atomic mass is 10.1. The van der Waals surface area contributed by atoms with Crippen LogP contribution in [-0.2, 0) is 9.59 Å². The van der Waals surface area contributed by atoms with Gasteiger partial charge in [0, 0.05) is 18.5 Å². The van der Waals surface area contributed by atoms with Gasteiger partial charge in [0.25, 0.3) is 11.8 Å². The summed E-state index contributed by atoms with van der Waals surface area (Å²) in [6.45, 7) is 4.06. The van der Waals surface area contributed by atoms with Gasteiger partial charge in [-0.3, -0.25) is 30.1 Å². The van der Waals surface area contributed by atoms with E-state index in [1.54, 1.807) is 18.2 Å². The van der Waals surface area contributed by atoms with E-state index in [-0.39, 0.29) is 18.9 Å². The largest absolute Gasteiger partial charge is 0.292 e. The van der Waals surface area contributed by atoms with Gasteiger partial charge >= 0.3 is 0 Å². The maximum Gasteiger partial charge on any atom is 0.269 e. The Morgan fingerprint density at radius 3 is 2.23 bits per heavy atom. The Bertz CT molecular complexity index is 1010. The van der Waals surface area contributed by atoms with Crippen molar-refractivity contribution in [3.05, 3.63) is 75.7 Å². The quantitative estimate of drug-likeness (QED) is 0.424. The molecule has 1 aliphatic heterocycles. The maximum absolute atomic E-state index is 12.6. The number of nitrogens with one attached hydrogen (secondary N) is 2. The number of thioether (sulfide) groups is 1. The number of benzene rings is 2. The van der Waals surface area contributed by atoms with E-state index in [1.165, 1.54) is 16.7 Å². The van der Waals surface area contributed by atoms with E-state index in [2.05, 4.69) is 10.9 Å². The van der Waals surface area contributed by atoms with Crippen molar-refractivity contribution in [1.29, 1.82) is 0 Å². The molecule has 2 N–H and O–H groups in total. The number of nitrogens with zero attached hydrogens (tertiary/aromatic N) is 1. The van der Waals surface area contributed by atoms with Crippen LogP contribution in [0.4, 0.5) is 0 Å². The Morgan fingerprint density at radius 1 is 1.00 bits per heavy atom. The van der Waals surface area contributed by atoms with Crippen LogP contribution in [0.15, 0.2) is 53.4 Å². The van der Waals surface area contributed by atoms with E-state index in [0.29, 0.717) is 14.8 Å². The summed E-state index contributed by atoms with van der Waals surface area (Å²) < 4.78 is 0.412. The molecule has 0 spiro atoms. The fourth-order valence-corrected chi connectivity index (χ4v) is 3.99. The predicted molar refractivity (Wildman–Crippen MR) is 122 cm³/mol. The minimum absolute atomic E-state index is 0.0123. The van der Waals surface area contributed by atoms with Gasteiger partial charge in [0.05, 0.1) is 4.91 Å². The molecular weight excluding hydrogens is 418 g/mol. The topological polar surface area (TPSA) is 78.5 Å². The standard InChI is InChI=1S/C22H21N3O3S2/c1-14-3-7-16(8-4-14)13-18-21(28)25(22(29)30-18)12-11-19(26)23-24-20(27)17-9-5-15(2)6-10-17/h3-10,13H,11-12H2,1-2H3,(H,23,26)(H,24,27). The molecule has 0 radical (unpaired) electrons. The van der Waals surface area contributed by atoms with Crippen molar-refractivity contribution < 1.29 is 14.4 Å². The van der Waals surface area contributed by atoms with Gasteiger partial charge in [-0.25, -0.2) is 0 Å². The molecule has 30 heavy (non-hydrogen) atoms. The summed E-state index contributed by atoms with van der Waals surface area (Å²) >= 11 is 6.51. The maximum atomic E-state index is 12.6. The van der Waals surface area contributed by atoms with Gasteiger partial charge in [0.2, 0.25) is 5.91 Å². The Hall–Kier alpha value is -2.97. The van der Waals surface area contributed by atoms with Crippen molar-refractivity contribution in [3.63, 3.8) is 0 Å². The lowest BCUT2D eigenvalue weighted by Gasteiger charge is -2.14. The highest BCUT2D eigenvalue weighted by Crippen LogP contribution is 2.32. The van der Waals surface area contributed by atoms with Gasteiger partial charge in [-0.2, -0.15) is 0 Å². The van der Waals surface area contributed by atoms with Gasteiger partial charge in [0.1, 0.15) is 4.32 Å². The monoisotopic (exact) mass is 439 g/mol. The summed E-state index contributed by atoms with van der Waals surface area (Å²) in [6.07, 6.45) is 1.80. The fraction of sp³-hybridized carbons (Fsp3) is 0.182. The number of thiocarbonyl (C=S) groups is 1. The molecule has 8 heteroatoms. The van der Waals surface area contributed by atoms with E-state index in [4.69, 9.17) is 12.2 Å². The van der Waals surface area contributed by atoms with Crippen molar-refractivity contribution in [3.8, 4) is 0 Å². The SMILES string of the molecule is Cc1ccc(C=C2SC(=S)N(CCC(=O)NNC(=O)c3ccc(C)cc3)C2=O)cc1. The molecule has 0 saturated carbocycles. The highest BCUT2D eigenvalue weighted by molar-refractivity contribution is 8.26. The second-order valence-electron chi connectivity index (χ2n) is 6.86. The van der Waals surface area contributed by atoms with Crippen LogP contribution in [0.2, 0.25) is 0 Å². The summed E-state index contributed by atoms with van der Waals surface area (Å²) in [7, 11) is 0. The predicted octanol–water partition coefficient (Wildman–Crippen LogP) is 3.36. The molecule has 1 fully saturated rings. The van der Waals surface area contributed by atoms with Crippen LogP contribution in [-0.4, -0.2) is 33.5 Å². The normalized spacial score (nSPS) is 14.9. The van der Waals surface area contributed by atoms with Gasteiger partial charge in [-0.05, 0) is 37.6 Å². The number of amides is 3. The summed E-state index contributed by atoms with van der Waals surface area (Å²) in [5.74, 6) is -1.04. The van der Waals surface area contributed by atoms with E-state index in [9.17, 15) is 14.4 Å². The molecule has 1 saturated heterocycles. The lowest BCUT2D eigenvalue weighted by molar-refractivity contribution is -0.124. The Labute approximate surface area is 184 Å². The first kappa shape index (κ1) is 21.7. The first-order valence-electron chi connectivity index (χ1n) is 9.31. The van der Waals surface area contributed by atoms with Crippen molar-refractivity contribution >= 4 is 52.1 Å². The molecule has 1 heterocycles. The molecule has 0 unspecified atom stereocenters. The number of carbonyl (C=O) groups is 3. The number of hydrogen-bond donors (Lipinski definition) is 2. The first-order valence-corrected chi connectivity index (χ1v) is 10.5. The number of hydrazine groups is 1. The molecule has 0 bridgehead atoms. The van der Waals surface area contributed by atoms with E-state index < -0.39 is 11.8 Å². The molecule has 0 aliphatic carbocycles. The number of rotatable bonds is 5. The van der Waals surface area contributed by atoms with Crippen molar-refractivity contribution in [2.24, 2.45) is 0 Å². The molecule has 3 amide bonds. The smallest absolute Gasteiger partial charge is 0.269 e. The van der Waals surface area contributed by atoms with E-state index in [0.717, 1.165) is 16.7 Å². The minimum Gasteiger partial charge on any atom is -0.292 e. The van der Waals surface area contributed by atoms with Crippen molar-refractivity contribution in [2.75, 3.05) is 6.54 Å². The van der Waals surface area contributed by atoms with Crippen LogP contribution >= 0.6 is 24.0 Å². The summed E-state index contributed by atoms with van der Waals surface area (Å²) in [6, 6.07) is 14.8. The summed E-state index contributed by atoms with van der Waals surface area (Å²) in [5.41, 5.74) is 8.27. The van der Waals surface area contributed by atoms with Crippen LogP contribution in [0.5, 0.6) is 0 Å². The fourth-order valence-electron chi connectivity index (χ4n) is 2.69. The molecular formula is C22H21N3O3S2. The van der Waals surface area contributed by atoms with Crippen molar-refractivity contribution in [1.82, 2.24) is 15.8 Å². The number of carbonyl (C=O) groups excluding carboxylic acids is 3. The molecule has 2 aromatic carbocycles. The number of hydrogen-bond acceptors (Lipinski definition) is 5. The third-order valence-electron chi connectivity index (χ3n) is 4.44. The highest BCUT2D eigenvalue weighted by atomic mass is 32.2. The van der Waals surface area contributed by atoms with Gasteiger partial charge in [-0.15, -0.1) is 0 Å².